The van der Waals surface area contributed by atoms with Gasteiger partial charge in [0.25, 0.3) is 0 Å². The minimum Gasteiger partial charge on any atom is -0.466 e. The maximum Gasteiger partial charge on any atom is 0.408 e. The molecule has 3 amide bonds. The van der Waals surface area contributed by atoms with Crippen LogP contribution in [0, 0.1) is 12.3 Å². The molecule has 2 aromatic rings. The average molecular weight is 564 g/mol. The Kier molecular flexibility index (Phi) is 12.4. The summed E-state index contributed by atoms with van der Waals surface area (Å²) in [5.74, 6) is 1.14. The second kappa shape index (κ2) is 15.5. The van der Waals surface area contributed by atoms with Gasteiger partial charge in [-0.2, -0.15) is 0 Å². The van der Waals surface area contributed by atoms with E-state index >= 15 is 0 Å². The molecule has 0 aliphatic rings. The highest BCUT2D eigenvalue weighted by Crippen LogP contribution is 2.28. The van der Waals surface area contributed by atoms with Crippen molar-refractivity contribution in [2.24, 2.45) is 0 Å². The van der Waals surface area contributed by atoms with Crippen LogP contribution in [0.25, 0.3) is 0 Å². The topological polar surface area (TPSA) is 114 Å². The van der Waals surface area contributed by atoms with Crippen LogP contribution in [0.2, 0.25) is 0 Å². The summed E-state index contributed by atoms with van der Waals surface area (Å²) in [6.45, 7) is 10.7. The number of alkyl carbamates (subject to hydrolysis) is 1. The minimum absolute atomic E-state index is 0.0100. The van der Waals surface area contributed by atoms with Gasteiger partial charge in [0.1, 0.15) is 17.7 Å². The highest BCUT2D eigenvalue weighted by atomic mass is 16.6. The van der Waals surface area contributed by atoms with E-state index in [0.717, 1.165) is 5.56 Å². The van der Waals surface area contributed by atoms with E-state index in [1.54, 1.807) is 65.8 Å². The van der Waals surface area contributed by atoms with Gasteiger partial charge < -0.3 is 25.0 Å². The molecule has 41 heavy (non-hydrogen) atoms. The predicted octanol–water partition coefficient (Wildman–Crippen LogP) is 4.15. The van der Waals surface area contributed by atoms with Gasteiger partial charge in [-0.15, -0.1) is 6.42 Å². The van der Waals surface area contributed by atoms with Crippen molar-refractivity contribution in [1.29, 1.82) is 0 Å². The van der Waals surface area contributed by atoms with Gasteiger partial charge >= 0.3 is 12.1 Å². The lowest BCUT2D eigenvalue weighted by atomic mass is 9.95. The largest absolute Gasteiger partial charge is 0.466 e. The molecular formula is C32H41N3O6. The molecule has 9 heteroatoms. The summed E-state index contributed by atoms with van der Waals surface area (Å²) in [4.78, 5) is 54.2. The monoisotopic (exact) mass is 563 g/mol. The lowest BCUT2D eigenvalue weighted by molar-refractivity contribution is -0.145. The normalized spacial score (nSPS) is 12.4. The van der Waals surface area contributed by atoms with Crippen molar-refractivity contribution >= 4 is 23.9 Å². The van der Waals surface area contributed by atoms with Gasteiger partial charge in [0, 0.05) is 24.6 Å². The lowest BCUT2D eigenvalue weighted by Gasteiger charge is -2.37. The first-order valence-corrected chi connectivity index (χ1v) is 13.7. The maximum atomic E-state index is 14.3. The van der Waals surface area contributed by atoms with Crippen LogP contribution in [0.4, 0.5) is 4.79 Å². The van der Waals surface area contributed by atoms with E-state index < -0.39 is 47.6 Å². The summed E-state index contributed by atoms with van der Waals surface area (Å²) in [6.07, 6.45) is 5.16. The molecule has 0 spiro atoms. The Hall–Kier alpha value is -4.32. The summed E-state index contributed by atoms with van der Waals surface area (Å²) in [7, 11) is 0. The summed E-state index contributed by atoms with van der Waals surface area (Å²) in [5, 5.41) is 5.48. The molecule has 2 atom stereocenters. The highest BCUT2D eigenvalue weighted by molar-refractivity contribution is 5.93. The average Bonchev–Trinajstić information content (AvgIpc) is 2.90. The Labute approximate surface area is 243 Å². The summed E-state index contributed by atoms with van der Waals surface area (Å²) >= 11 is 0. The third kappa shape index (κ3) is 10.3. The first kappa shape index (κ1) is 32.9. The lowest BCUT2D eigenvalue weighted by Crippen LogP contribution is -2.56. The second-order valence-corrected chi connectivity index (χ2v) is 10.7. The van der Waals surface area contributed by atoms with Gasteiger partial charge in [-0.25, -0.2) is 4.79 Å². The van der Waals surface area contributed by atoms with E-state index in [1.165, 1.54) is 4.90 Å². The SMILES string of the molecule is C#Cc1ccccc1C(C(=O)NCCC(=O)OCC)N(C(=O)C(Cc1ccccc1)NC(=O)OC(C)(C)C)C(C)C. The summed E-state index contributed by atoms with van der Waals surface area (Å²) in [6, 6.07) is 13.4. The molecule has 2 aromatic carbocycles. The van der Waals surface area contributed by atoms with E-state index in [4.69, 9.17) is 15.9 Å². The summed E-state index contributed by atoms with van der Waals surface area (Å²) in [5.41, 5.74) is 0.914. The fourth-order valence-electron chi connectivity index (χ4n) is 4.26. The zero-order valence-electron chi connectivity index (χ0n) is 24.7. The predicted molar refractivity (Wildman–Crippen MR) is 157 cm³/mol. The standard InChI is InChI=1S/C32H41N3O6/c1-8-24-17-13-14-18-25(24)28(29(37)33-20-19-27(36)40-9-2)35(22(3)4)30(38)26(21-23-15-11-10-12-16-23)34-31(39)41-32(5,6)7/h1,10-18,22,26,28H,9,19-21H2,2-7H3,(H,33,37)(H,34,39). The number of benzene rings is 2. The molecule has 0 saturated carbocycles. The highest BCUT2D eigenvalue weighted by Gasteiger charge is 2.38. The Morgan fingerprint density at radius 1 is 1.00 bits per heavy atom. The smallest absolute Gasteiger partial charge is 0.408 e. The number of hydrogen-bond donors (Lipinski definition) is 2. The molecule has 220 valence electrons. The van der Waals surface area contributed by atoms with E-state index in [0.29, 0.717) is 11.1 Å². The molecule has 0 fully saturated rings. The third-order valence-electron chi connectivity index (χ3n) is 5.95. The van der Waals surface area contributed by atoms with Crippen LogP contribution in [0.5, 0.6) is 0 Å². The van der Waals surface area contributed by atoms with Crippen LogP contribution in [-0.2, 0) is 30.3 Å². The molecular weight excluding hydrogens is 522 g/mol. The fourth-order valence-corrected chi connectivity index (χ4v) is 4.26. The van der Waals surface area contributed by atoms with Crippen molar-refractivity contribution in [3.63, 3.8) is 0 Å². The van der Waals surface area contributed by atoms with Gasteiger partial charge in [0.05, 0.1) is 13.0 Å². The number of nitrogens with one attached hydrogen (secondary N) is 2. The van der Waals surface area contributed by atoms with Crippen molar-refractivity contribution in [1.82, 2.24) is 15.5 Å². The van der Waals surface area contributed by atoms with Crippen molar-refractivity contribution in [2.45, 2.75) is 78.1 Å². The quantitative estimate of drug-likeness (QED) is 0.296. The van der Waals surface area contributed by atoms with Gasteiger partial charge in [0.2, 0.25) is 11.8 Å². The second-order valence-electron chi connectivity index (χ2n) is 10.7. The molecule has 0 bridgehead atoms. The van der Waals surface area contributed by atoms with Gasteiger partial charge in [-0.1, -0.05) is 54.5 Å². The third-order valence-corrected chi connectivity index (χ3v) is 5.95. The van der Waals surface area contributed by atoms with Gasteiger partial charge in [-0.05, 0) is 58.7 Å². The zero-order chi connectivity index (χ0) is 30.6. The molecule has 0 aliphatic carbocycles. The molecule has 0 saturated heterocycles. The molecule has 0 heterocycles. The van der Waals surface area contributed by atoms with Crippen LogP contribution in [0.15, 0.2) is 54.6 Å². The van der Waals surface area contributed by atoms with E-state index in [-0.39, 0.29) is 26.0 Å². The van der Waals surface area contributed by atoms with Crippen molar-refractivity contribution in [3.05, 3.63) is 71.3 Å². The Balaban J connectivity index is 2.52. The van der Waals surface area contributed by atoms with E-state index in [1.807, 2.05) is 30.3 Å². The molecule has 2 unspecified atom stereocenters. The molecule has 2 rings (SSSR count). The number of amides is 3. The van der Waals surface area contributed by atoms with Gasteiger partial charge in [-0.3, -0.25) is 14.4 Å². The zero-order valence-corrected chi connectivity index (χ0v) is 24.7. The first-order valence-electron chi connectivity index (χ1n) is 13.7. The number of nitrogens with zero attached hydrogens (tertiary/aromatic N) is 1. The number of ether oxygens (including phenoxy) is 2. The number of esters is 1. The maximum absolute atomic E-state index is 14.3. The molecule has 0 radical (unpaired) electrons. The number of rotatable bonds is 12. The van der Waals surface area contributed by atoms with Crippen LogP contribution < -0.4 is 10.6 Å². The van der Waals surface area contributed by atoms with Gasteiger partial charge in [0.15, 0.2) is 0 Å². The number of terminal acetylenes is 1. The molecule has 2 N–H and O–H groups in total. The molecule has 9 nitrogen and oxygen atoms in total. The Morgan fingerprint density at radius 3 is 2.22 bits per heavy atom. The molecule has 0 aliphatic heterocycles. The van der Waals surface area contributed by atoms with Crippen molar-refractivity contribution in [2.75, 3.05) is 13.2 Å². The van der Waals surface area contributed by atoms with E-state index in [2.05, 4.69) is 16.6 Å². The van der Waals surface area contributed by atoms with Crippen LogP contribution >= 0.6 is 0 Å². The number of hydrogen-bond acceptors (Lipinski definition) is 6. The Morgan fingerprint density at radius 2 is 1.63 bits per heavy atom. The van der Waals surface area contributed by atoms with Crippen LogP contribution in [0.3, 0.4) is 0 Å². The van der Waals surface area contributed by atoms with E-state index in [9.17, 15) is 19.2 Å². The van der Waals surface area contributed by atoms with Crippen LogP contribution in [-0.4, -0.2) is 59.6 Å². The van der Waals surface area contributed by atoms with Crippen LogP contribution in [0.1, 0.15) is 70.7 Å². The molecule has 0 aromatic heterocycles. The number of carbonyl (C=O) groups excluding carboxylic acids is 4. The Bertz CT molecular complexity index is 1230. The first-order chi connectivity index (χ1) is 19.4. The number of carbonyl (C=O) groups is 4. The van der Waals surface area contributed by atoms with Crippen molar-refractivity contribution < 1.29 is 28.7 Å². The summed E-state index contributed by atoms with van der Waals surface area (Å²) < 4.78 is 10.4. The van der Waals surface area contributed by atoms with Crippen molar-refractivity contribution in [3.8, 4) is 12.3 Å². The minimum atomic E-state index is -1.14. The fraction of sp³-hybridized carbons (Fsp3) is 0.438.